The van der Waals surface area contributed by atoms with Crippen LogP contribution in [-0.2, 0) is 14.4 Å². The molecule has 42 heavy (non-hydrogen) atoms. The molecule has 9 nitrogen and oxygen atoms in total. The van der Waals surface area contributed by atoms with Crippen molar-refractivity contribution < 1.29 is 33.4 Å². The van der Waals surface area contributed by atoms with Gasteiger partial charge in [-0.3, -0.25) is 14.4 Å². The average Bonchev–Trinajstić information content (AvgIpc) is 3.54. The molecule has 2 heterocycles. The number of amides is 2. The first kappa shape index (κ1) is 27.0. The Balaban J connectivity index is 1.35. The maximum Gasteiger partial charge on any atom is 0.343 e. The third kappa shape index (κ3) is 4.84. The van der Waals surface area contributed by atoms with E-state index in [4.69, 9.17) is 19.0 Å². The molecule has 3 atom stereocenters. The molecule has 4 aromatic rings. The monoisotopic (exact) mass is 564 g/mol. The first-order chi connectivity index (χ1) is 20.5. The minimum absolute atomic E-state index is 0.224. The van der Waals surface area contributed by atoms with E-state index >= 15 is 0 Å². The summed E-state index contributed by atoms with van der Waals surface area (Å²) >= 11 is 0. The van der Waals surface area contributed by atoms with Gasteiger partial charge >= 0.3 is 5.97 Å². The Bertz CT molecular complexity index is 1610. The van der Waals surface area contributed by atoms with Crippen LogP contribution in [0, 0.1) is 5.92 Å². The van der Waals surface area contributed by atoms with Gasteiger partial charge in [0.05, 0.1) is 36.7 Å². The average molecular weight is 565 g/mol. The summed E-state index contributed by atoms with van der Waals surface area (Å²) in [6.07, 6.45) is -1.03. The topological polar surface area (TPSA) is 94.6 Å². The number of methoxy groups -OCH3 is 1. The highest BCUT2D eigenvalue weighted by Gasteiger charge is 2.60. The van der Waals surface area contributed by atoms with Gasteiger partial charge in [0.2, 0.25) is 5.91 Å². The molecule has 0 radical (unpaired) electrons. The second-order valence-corrected chi connectivity index (χ2v) is 9.76. The molecular formula is C33H28N2O7. The van der Waals surface area contributed by atoms with E-state index in [0.29, 0.717) is 40.6 Å². The lowest BCUT2D eigenvalue weighted by molar-refractivity contribution is -0.126. The standard InChI is InChI=1S/C33H28N2O7/c1-3-40-25-17-15-23(16-18-25)34-31(36)28-29(35(42-30(28)32(34)37)24-12-8-5-9-13-24)22-14-19-26(27(20-22)39-2)41-33(38)21-10-6-4-7-11-21/h4-20,28-30H,3H2,1-2H3/t28-,29+,30+/m0/s1. The Labute approximate surface area is 242 Å². The molecule has 6 rings (SSSR count). The fraction of sp³-hybridized carbons (Fsp3) is 0.182. The van der Waals surface area contributed by atoms with Crippen LogP contribution in [0.15, 0.2) is 103 Å². The van der Waals surface area contributed by atoms with E-state index in [-0.39, 0.29) is 11.7 Å². The molecule has 0 aliphatic carbocycles. The van der Waals surface area contributed by atoms with Crippen molar-refractivity contribution in [1.82, 2.24) is 0 Å². The number of imide groups is 1. The maximum atomic E-state index is 14.0. The normalized spacial score (nSPS) is 19.5. The Kier molecular flexibility index (Phi) is 7.33. The van der Waals surface area contributed by atoms with Crippen molar-refractivity contribution in [1.29, 1.82) is 0 Å². The van der Waals surface area contributed by atoms with Crippen molar-refractivity contribution in [2.24, 2.45) is 5.92 Å². The van der Waals surface area contributed by atoms with Crippen LogP contribution in [0.5, 0.6) is 17.2 Å². The number of fused-ring (bicyclic) bond motifs is 1. The lowest BCUT2D eigenvalue weighted by Crippen LogP contribution is -2.37. The van der Waals surface area contributed by atoms with Gasteiger partial charge in [-0.05, 0) is 73.2 Å². The molecule has 0 bridgehead atoms. The third-order valence-electron chi connectivity index (χ3n) is 7.27. The summed E-state index contributed by atoms with van der Waals surface area (Å²) in [6, 6.07) is 29.1. The Morgan fingerprint density at radius 1 is 0.810 bits per heavy atom. The highest BCUT2D eigenvalue weighted by Crippen LogP contribution is 2.48. The van der Waals surface area contributed by atoms with Crippen LogP contribution >= 0.6 is 0 Å². The number of ether oxygens (including phenoxy) is 3. The SMILES string of the molecule is CCOc1ccc(N2C(=O)[C@H]3[C@@H](c4ccc(OC(=O)c5ccccc5)c(OC)c4)N(c4ccccc4)O[C@H]3C2=O)cc1. The highest BCUT2D eigenvalue weighted by atomic mass is 16.7. The van der Waals surface area contributed by atoms with Gasteiger partial charge in [-0.15, -0.1) is 0 Å². The summed E-state index contributed by atoms with van der Waals surface area (Å²) in [5.41, 5.74) is 2.17. The Morgan fingerprint density at radius 3 is 2.17 bits per heavy atom. The number of carbonyl (C=O) groups is 3. The summed E-state index contributed by atoms with van der Waals surface area (Å²) in [5.74, 6) is -1.03. The van der Waals surface area contributed by atoms with Gasteiger partial charge in [-0.1, -0.05) is 42.5 Å². The first-order valence-corrected chi connectivity index (χ1v) is 13.6. The molecule has 2 aliphatic rings. The second-order valence-electron chi connectivity index (χ2n) is 9.76. The van der Waals surface area contributed by atoms with Gasteiger partial charge in [0.1, 0.15) is 11.7 Å². The minimum atomic E-state index is -1.03. The van der Waals surface area contributed by atoms with Crippen LogP contribution in [0.1, 0.15) is 28.9 Å². The number of esters is 1. The number of benzene rings is 4. The number of hydroxylamine groups is 1. The smallest absolute Gasteiger partial charge is 0.343 e. The molecule has 2 aliphatic heterocycles. The molecule has 2 fully saturated rings. The molecule has 2 amide bonds. The first-order valence-electron chi connectivity index (χ1n) is 13.6. The molecule has 0 unspecified atom stereocenters. The van der Waals surface area contributed by atoms with Gasteiger partial charge in [0.15, 0.2) is 17.6 Å². The van der Waals surface area contributed by atoms with E-state index < -0.39 is 29.9 Å². The fourth-order valence-corrected chi connectivity index (χ4v) is 5.35. The number of nitrogens with zero attached hydrogens (tertiary/aromatic N) is 2. The number of anilines is 2. The molecule has 212 valence electrons. The molecule has 9 heteroatoms. The van der Waals surface area contributed by atoms with E-state index in [1.54, 1.807) is 71.8 Å². The number of para-hydroxylation sites is 1. The van der Waals surface area contributed by atoms with Crippen molar-refractivity contribution in [2.75, 3.05) is 23.7 Å². The van der Waals surface area contributed by atoms with Crippen LogP contribution in [0.25, 0.3) is 0 Å². The lowest BCUT2D eigenvalue weighted by Gasteiger charge is -2.29. The zero-order valence-electron chi connectivity index (χ0n) is 23.0. The van der Waals surface area contributed by atoms with Crippen LogP contribution in [-0.4, -0.2) is 37.6 Å². The molecule has 0 saturated carbocycles. The quantitative estimate of drug-likeness (QED) is 0.160. The minimum Gasteiger partial charge on any atom is -0.494 e. The molecule has 4 aromatic carbocycles. The number of hydrogen-bond acceptors (Lipinski definition) is 8. The summed E-state index contributed by atoms with van der Waals surface area (Å²) in [6.45, 7) is 2.39. The van der Waals surface area contributed by atoms with Crippen molar-refractivity contribution in [3.8, 4) is 17.2 Å². The zero-order chi connectivity index (χ0) is 29.2. The largest absolute Gasteiger partial charge is 0.494 e. The van der Waals surface area contributed by atoms with Gasteiger partial charge in [0, 0.05) is 0 Å². The molecular weight excluding hydrogens is 536 g/mol. The van der Waals surface area contributed by atoms with Gasteiger partial charge < -0.3 is 14.2 Å². The second kappa shape index (κ2) is 11.4. The number of hydrogen-bond donors (Lipinski definition) is 0. The molecule has 0 aromatic heterocycles. The maximum absolute atomic E-state index is 14.0. The predicted molar refractivity (Wildman–Crippen MR) is 155 cm³/mol. The summed E-state index contributed by atoms with van der Waals surface area (Å²) in [5, 5.41) is 1.60. The lowest BCUT2D eigenvalue weighted by atomic mass is 9.90. The van der Waals surface area contributed by atoms with E-state index in [1.165, 1.54) is 12.0 Å². The van der Waals surface area contributed by atoms with Crippen molar-refractivity contribution in [2.45, 2.75) is 19.1 Å². The predicted octanol–water partition coefficient (Wildman–Crippen LogP) is 5.36. The van der Waals surface area contributed by atoms with E-state index in [1.807, 2.05) is 43.3 Å². The van der Waals surface area contributed by atoms with Crippen molar-refractivity contribution >= 4 is 29.2 Å². The van der Waals surface area contributed by atoms with Crippen LogP contribution in [0.2, 0.25) is 0 Å². The summed E-state index contributed by atoms with van der Waals surface area (Å²) < 4.78 is 16.7. The van der Waals surface area contributed by atoms with Gasteiger partial charge in [0.25, 0.3) is 5.91 Å². The molecule has 0 N–H and O–H groups in total. The highest BCUT2D eigenvalue weighted by molar-refractivity contribution is 6.24. The van der Waals surface area contributed by atoms with E-state index in [2.05, 4.69) is 0 Å². The van der Waals surface area contributed by atoms with Crippen molar-refractivity contribution in [3.63, 3.8) is 0 Å². The fourth-order valence-electron chi connectivity index (χ4n) is 5.35. The Morgan fingerprint density at radius 2 is 1.50 bits per heavy atom. The van der Waals surface area contributed by atoms with E-state index in [9.17, 15) is 14.4 Å². The van der Waals surface area contributed by atoms with Crippen LogP contribution in [0.4, 0.5) is 11.4 Å². The van der Waals surface area contributed by atoms with Crippen LogP contribution < -0.4 is 24.2 Å². The zero-order valence-corrected chi connectivity index (χ0v) is 23.0. The summed E-state index contributed by atoms with van der Waals surface area (Å²) in [7, 11) is 1.47. The molecule has 2 saturated heterocycles. The van der Waals surface area contributed by atoms with E-state index in [0.717, 1.165) is 0 Å². The van der Waals surface area contributed by atoms with Crippen LogP contribution in [0.3, 0.4) is 0 Å². The third-order valence-corrected chi connectivity index (χ3v) is 7.27. The molecule has 0 spiro atoms. The Hall–Kier alpha value is -5.15. The number of rotatable bonds is 8. The van der Waals surface area contributed by atoms with Gasteiger partial charge in [-0.25, -0.2) is 14.8 Å². The number of carbonyl (C=O) groups excluding carboxylic acids is 3. The van der Waals surface area contributed by atoms with Gasteiger partial charge in [-0.2, -0.15) is 0 Å². The van der Waals surface area contributed by atoms with Crippen molar-refractivity contribution in [3.05, 3.63) is 114 Å². The summed E-state index contributed by atoms with van der Waals surface area (Å²) in [4.78, 5) is 47.7.